The maximum Gasteiger partial charge on any atom is 0.410 e. The van der Waals surface area contributed by atoms with Gasteiger partial charge in [0.05, 0.1) is 12.1 Å². The van der Waals surface area contributed by atoms with Crippen molar-refractivity contribution in [3.8, 4) is 0 Å². The molecule has 1 aliphatic rings. The van der Waals surface area contributed by atoms with Crippen molar-refractivity contribution in [3.05, 3.63) is 0 Å². The molecule has 0 radical (unpaired) electrons. The zero-order valence-corrected chi connectivity index (χ0v) is 11.7. The third-order valence-corrected chi connectivity index (χ3v) is 3.08. The van der Waals surface area contributed by atoms with Crippen LogP contribution in [0.15, 0.2) is 0 Å². The van der Waals surface area contributed by atoms with Crippen LogP contribution in [0.3, 0.4) is 0 Å². The molecule has 0 spiro atoms. The summed E-state index contributed by atoms with van der Waals surface area (Å²) < 4.78 is 10.8. The van der Waals surface area contributed by atoms with Gasteiger partial charge in [-0.2, -0.15) is 0 Å². The molecule has 1 saturated heterocycles. The highest BCUT2D eigenvalue weighted by atomic mass is 16.6. The van der Waals surface area contributed by atoms with Gasteiger partial charge in [0.2, 0.25) is 0 Å². The summed E-state index contributed by atoms with van der Waals surface area (Å²) in [4.78, 5) is 24.3. The van der Waals surface area contributed by atoms with Crippen LogP contribution in [0.5, 0.6) is 0 Å². The first-order chi connectivity index (χ1) is 8.32. The lowest BCUT2D eigenvalue weighted by atomic mass is 9.90. The molecule has 1 amide bonds. The Bertz CT molecular complexity index is 311. The lowest BCUT2D eigenvalue weighted by molar-refractivity contribution is -0.118. The SMILES string of the molecule is COC1(CC=O)CCCN(C(=O)OC(C)(C)C)C1. The fourth-order valence-corrected chi connectivity index (χ4v) is 2.15. The van der Waals surface area contributed by atoms with Gasteiger partial charge in [0.1, 0.15) is 11.9 Å². The summed E-state index contributed by atoms with van der Waals surface area (Å²) in [7, 11) is 1.59. The Balaban J connectivity index is 2.68. The van der Waals surface area contributed by atoms with Gasteiger partial charge in [-0.25, -0.2) is 4.79 Å². The van der Waals surface area contributed by atoms with Gasteiger partial charge in [-0.15, -0.1) is 0 Å². The van der Waals surface area contributed by atoms with Crippen LogP contribution in [-0.2, 0) is 14.3 Å². The second-order valence-corrected chi connectivity index (χ2v) is 5.76. The molecule has 0 aromatic rings. The van der Waals surface area contributed by atoms with E-state index in [1.165, 1.54) is 0 Å². The molecule has 0 aliphatic carbocycles. The Labute approximate surface area is 108 Å². The van der Waals surface area contributed by atoms with Crippen LogP contribution in [-0.4, -0.2) is 48.7 Å². The van der Waals surface area contributed by atoms with E-state index in [1.54, 1.807) is 12.0 Å². The summed E-state index contributed by atoms with van der Waals surface area (Å²) in [6.07, 6.45) is 2.43. The van der Waals surface area contributed by atoms with Crippen molar-refractivity contribution < 1.29 is 19.1 Å². The second kappa shape index (κ2) is 5.69. The smallest absolute Gasteiger partial charge is 0.410 e. The van der Waals surface area contributed by atoms with E-state index >= 15 is 0 Å². The van der Waals surface area contributed by atoms with Gasteiger partial charge in [-0.1, -0.05) is 0 Å². The third kappa shape index (κ3) is 3.98. The van der Waals surface area contributed by atoms with Gasteiger partial charge >= 0.3 is 6.09 Å². The zero-order chi connectivity index (χ0) is 13.8. The summed E-state index contributed by atoms with van der Waals surface area (Å²) in [6.45, 7) is 6.58. The topological polar surface area (TPSA) is 55.8 Å². The lowest BCUT2D eigenvalue weighted by Gasteiger charge is -2.41. The molecule has 18 heavy (non-hydrogen) atoms. The van der Waals surface area contributed by atoms with Crippen molar-refractivity contribution in [2.75, 3.05) is 20.2 Å². The van der Waals surface area contributed by atoms with Gasteiger partial charge in [-0.3, -0.25) is 0 Å². The number of rotatable bonds is 3. The molecule has 0 saturated carbocycles. The van der Waals surface area contributed by atoms with Gasteiger partial charge in [0.15, 0.2) is 0 Å². The first kappa shape index (κ1) is 15.0. The Hall–Kier alpha value is -1.10. The van der Waals surface area contributed by atoms with E-state index in [2.05, 4.69) is 0 Å². The Morgan fingerprint density at radius 2 is 2.11 bits per heavy atom. The molecular formula is C13H23NO4. The molecule has 5 nitrogen and oxygen atoms in total. The normalized spacial score (nSPS) is 24.8. The molecular weight excluding hydrogens is 234 g/mol. The van der Waals surface area contributed by atoms with Crippen LogP contribution in [0.1, 0.15) is 40.0 Å². The molecule has 1 fully saturated rings. The van der Waals surface area contributed by atoms with Crippen molar-refractivity contribution in [3.63, 3.8) is 0 Å². The average Bonchev–Trinajstić information content (AvgIpc) is 2.27. The maximum atomic E-state index is 12.0. The number of methoxy groups -OCH3 is 1. The van der Waals surface area contributed by atoms with E-state index < -0.39 is 11.2 Å². The van der Waals surface area contributed by atoms with Gasteiger partial charge in [0, 0.05) is 20.1 Å². The highest BCUT2D eigenvalue weighted by molar-refractivity contribution is 5.68. The van der Waals surface area contributed by atoms with Crippen LogP contribution in [0, 0.1) is 0 Å². The fourth-order valence-electron chi connectivity index (χ4n) is 2.15. The highest BCUT2D eigenvalue weighted by Gasteiger charge is 2.38. The summed E-state index contributed by atoms with van der Waals surface area (Å²) in [6, 6.07) is 0. The van der Waals surface area contributed by atoms with Crippen LogP contribution >= 0.6 is 0 Å². The molecule has 104 valence electrons. The van der Waals surface area contributed by atoms with Crippen molar-refractivity contribution in [2.24, 2.45) is 0 Å². The number of carbonyl (C=O) groups is 2. The highest BCUT2D eigenvalue weighted by Crippen LogP contribution is 2.28. The minimum atomic E-state index is -0.545. The quantitative estimate of drug-likeness (QED) is 0.726. The number of likely N-dealkylation sites (tertiary alicyclic amines) is 1. The van der Waals surface area contributed by atoms with Crippen molar-refractivity contribution >= 4 is 12.4 Å². The van der Waals surface area contributed by atoms with E-state index in [-0.39, 0.29) is 6.09 Å². The number of hydrogen-bond donors (Lipinski definition) is 0. The summed E-state index contributed by atoms with van der Waals surface area (Å²) >= 11 is 0. The fraction of sp³-hybridized carbons (Fsp3) is 0.846. The standard InChI is InChI=1S/C13H23NO4/c1-12(2,3)18-11(16)14-8-5-6-13(10-14,17-4)7-9-15/h9H,5-8,10H2,1-4H3. The first-order valence-electron chi connectivity index (χ1n) is 6.29. The van der Waals surface area contributed by atoms with Crippen molar-refractivity contribution in [1.29, 1.82) is 0 Å². The van der Waals surface area contributed by atoms with Crippen molar-refractivity contribution in [2.45, 2.75) is 51.2 Å². The van der Waals surface area contributed by atoms with Crippen LogP contribution in [0.25, 0.3) is 0 Å². The molecule has 1 atom stereocenters. The number of hydrogen-bond acceptors (Lipinski definition) is 4. The zero-order valence-electron chi connectivity index (χ0n) is 11.7. The Morgan fingerprint density at radius 3 is 2.61 bits per heavy atom. The maximum absolute atomic E-state index is 12.0. The minimum absolute atomic E-state index is 0.308. The predicted molar refractivity (Wildman–Crippen MR) is 67.5 cm³/mol. The van der Waals surface area contributed by atoms with E-state index in [0.29, 0.717) is 19.5 Å². The summed E-state index contributed by atoms with van der Waals surface area (Å²) in [5.74, 6) is 0. The molecule has 0 aromatic heterocycles. The summed E-state index contributed by atoms with van der Waals surface area (Å²) in [5.41, 5.74) is -1.05. The largest absolute Gasteiger partial charge is 0.444 e. The van der Waals surface area contributed by atoms with E-state index in [0.717, 1.165) is 19.1 Å². The second-order valence-electron chi connectivity index (χ2n) is 5.76. The van der Waals surface area contributed by atoms with Gasteiger partial charge < -0.3 is 19.2 Å². The number of aldehydes is 1. The number of nitrogens with zero attached hydrogens (tertiary/aromatic N) is 1. The molecule has 1 heterocycles. The molecule has 1 unspecified atom stereocenters. The molecule has 1 aliphatic heterocycles. The minimum Gasteiger partial charge on any atom is -0.444 e. The van der Waals surface area contributed by atoms with Gasteiger partial charge in [-0.05, 0) is 33.6 Å². The number of ether oxygens (including phenoxy) is 2. The monoisotopic (exact) mass is 257 g/mol. The number of piperidine rings is 1. The summed E-state index contributed by atoms with van der Waals surface area (Å²) in [5, 5.41) is 0. The Morgan fingerprint density at radius 1 is 1.44 bits per heavy atom. The predicted octanol–water partition coefficient (Wildman–Crippen LogP) is 1.99. The molecule has 0 aromatic carbocycles. The molecule has 0 N–H and O–H groups in total. The Kier molecular flexibility index (Phi) is 4.73. The van der Waals surface area contributed by atoms with Crippen molar-refractivity contribution in [1.82, 2.24) is 4.90 Å². The van der Waals surface area contributed by atoms with E-state index in [1.807, 2.05) is 20.8 Å². The molecule has 5 heteroatoms. The first-order valence-corrected chi connectivity index (χ1v) is 6.29. The van der Waals surface area contributed by atoms with E-state index in [4.69, 9.17) is 9.47 Å². The number of carbonyl (C=O) groups excluding carboxylic acids is 2. The molecule has 0 bridgehead atoms. The average molecular weight is 257 g/mol. The van der Waals surface area contributed by atoms with E-state index in [9.17, 15) is 9.59 Å². The lowest BCUT2D eigenvalue weighted by Crippen LogP contribution is -2.52. The van der Waals surface area contributed by atoms with Crippen LogP contribution in [0.4, 0.5) is 4.79 Å². The van der Waals surface area contributed by atoms with Gasteiger partial charge in [0.25, 0.3) is 0 Å². The number of amides is 1. The molecule has 1 rings (SSSR count). The van der Waals surface area contributed by atoms with Crippen LogP contribution < -0.4 is 0 Å². The van der Waals surface area contributed by atoms with Crippen LogP contribution in [0.2, 0.25) is 0 Å². The third-order valence-electron chi connectivity index (χ3n) is 3.08.